The van der Waals surface area contributed by atoms with E-state index >= 15 is 0 Å². The van der Waals surface area contributed by atoms with Gasteiger partial charge in [0.05, 0.1) is 9.89 Å². The van der Waals surface area contributed by atoms with Crippen LogP contribution in [0, 0.1) is 0 Å². The number of thiophene rings is 1. The first-order valence-corrected chi connectivity index (χ1v) is 5.94. The molecule has 0 aromatic carbocycles. The fourth-order valence-electron chi connectivity index (χ4n) is 1.47. The summed E-state index contributed by atoms with van der Waals surface area (Å²) in [7, 11) is 1.78. The lowest BCUT2D eigenvalue weighted by atomic mass is 10.1. The first-order valence-electron chi connectivity index (χ1n) is 4.26. The van der Waals surface area contributed by atoms with Gasteiger partial charge in [0.25, 0.3) is 0 Å². The van der Waals surface area contributed by atoms with Gasteiger partial charge >= 0.3 is 0 Å². The molecule has 1 aliphatic heterocycles. The van der Waals surface area contributed by atoms with E-state index in [9.17, 15) is 0 Å². The van der Waals surface area contributed by atoms with Crippen molar-refractivity contribution in [2.24, 2.45) is 0 Å². The molecule has 1 aromatic rings. The van der Waals surface area contributed by atoms with E-state index < -0.39 is 0 Å². The Morgan fingerprint density at radius 2 is 2.46 bits per heavy atom. The van der Waals surface area contributed by atoms with Crippen molar-refractivity contribution in [3.8, 4) is 0 Å². The second-order valence-electron chi connectivity index (χ2n) is 3.27. The molecule has 0 radical (unpaired) electrons. The molecule has 0 N–H and O–H groups in total. The maximum atomic E-state index is 5.22. The van der Waals surface area contributed by atoms with E-state index in [1.165, 1.54) is 9.35 Å². The van der Waals surface area contributed by atoms with Gasteiger partial charge in [-0.1, -0.05) is 0 Å². The van der Waals surface area contributed by atoms with E-state index in [0.29, 0.717) is 6.10 Å². The Morgan fingerprint density at radius 3 is 3.00 bits per heavy atom. The Labute approximate surface area is 90.6 Å². The molecule has 1 aliphatic rings. The number of rotatable bonds is 3. The molecule has 0 saturated carbocycles. The zero-order chi connectivity index (χ0) is 9.26. The van der Waals surface area contributed by atoms with E-state index in [1.54, 1.807) is 18.4 Å². The SMILES string of the molecule is COC1CN(Cc2ccsc2Br)C1. The van der Waals surface area contributed by atoms with Crippen LogP contribution in [0.2, 0.25) is 0 Å². The standard InChI is InChI=1S/C9H12BrNOS/c1-12-8-5-11(6-8)4-7-2-3-13-9(7)10/h2-3,8H,4-6H2,1H3. The van der Waals surface area contributed by atoms with E-state index in [-0.39, 0.29) is 0 Å². The van der Waals surface area contributed by atoms with Crippen LogP contribution in [0.15, 0.2) is 15.2 Å². The van der Waals surface area contributed by atoms with Gasteiger partial charge in [-0.2, -0.15) is 0 Å². The van der Waals surface area contributed by atoms with Crippen molar-refractivity contribution in [3.63, 3.8) is 0 Å². The number of hydrogen-bond donors (Lipinski definition) is 0. The first kappa shape index (κ1) is 9.65. The third-order valence-corrected chi connectivity index (χ3v) is 4.16. The van der Waals surface area contributed by atoms with Crippen LogP contribution in [-0.4, -0.2) is 31.2 Å². The van der Waals surface area contributed by atoms with Gasteiger partial charge in [-0.15, -0.1) is 11.3 Å². The van der Waals surface area contributed by atoms with Crippen LogP contribution in [-0.2, 0) is 11.3 Å². The second kappa shape index (κ2) is 4.09. The zero-order valence-corrected chi connectivity index (χ0v) is 9.90. The maximum absolute atomic E-state index is 5.22. The summed E-state index contributed by atoms with van der Waals surface area (Å²) in [6.45, 7) is 3.18. The Hall–Kier alpha value is 0.100. The van der Waals surface area contributed by atoms with Gasteiger partial charge in [-0.05, 0) is 32.9 Å². The summed E-state index contributed by atoms with van der Waals surface area (Å²) in [5, 5.41) is 2.12. The maximum Gasteiger partial charge on any atom is 0.0825 e. The Balaban J connectivity index is 1.84. The van der Waals surface area contributed by atoms with Crippen LogP contribution in [0.25, 0.3) is 0 Å². The highest BCUT2D eigenvalue weighted by molar-refractivity contribution is 9.11. The summed E-state index contributed by atoms with van der Waals surface area (Å²) < 4.78 is 6.47. The highest BCUT2D eigenvalue weighted by Crippen LogP contribution is 2.26. The number of halogens is 1. The third kappa shape index (κ3) is 2.13. The summed E-state index contributed by atoms with van der Waals surface area (Å²) in [6, 6.07) is 2.18. The quantitative estimate of drug-likeness (QED) is 0.829. The third-order valence-electron chi connectivity index (χ3n) is 2.34. The minimum Gasteiger partial charge on any atom is -0.379 e. The highest BCUT2D eigenvalue weighted by atomic mass is 79.9. The van der Waals surface area contributed by atoms with E-state index in [0.717, 1.165) is 19.6 Å². The fourth-order valence-corrected chi connectivity index (χ4v) is 2.69. The number of nitrogens with zero attached hydrogens (tertiary/aromatic N) is 1. The second-order valence-corrected chi connectivity index (χ2v) is 5.51. The van der Waals surface area contributed by atoms with Crippen molar-refractivity contribution in [1.29, 1.82) is 0 Å². The smallest absolute Gasteiger partial charge is 0.0825 e. The molecule has 2 heterocycles. The lowest BCUT2D eigenvalue weighted by Crippen LogP contribution is -2.50. The average molecular weight is 262 g/mol. The summed E-state index contributed by atoms with van der Waals surface area (Å²) >= 11 is 5.29. The van der Waals surface area contributed by atoms with Gasteiger partial charge < -0.3 is 4.74 Å². The molecule has 0 bridgehead atoms. The van der Waals surface area contributed by atoms with Gasteiger partial charge in [0.1, 0.15) is 0 Å². The van der Waals surface area contributed by atoms with Crippen LogP contribution in [0.5, 0.6) is 0 Å². The molecular weight excluding hydrogens is 250 g/mol. The van der Waals surface area contributed by atoms with Crippen molar-refractivity contribution >= 4 is 27.3 Å². The monoisotopic (exact) mass is 261 g/mol. The molecule has 1 saturated heterocycles. The Kier molecular flexibility index (Phi) is 3.03. The molecule has 0 amide bonds. The van der Waals surface area contributed by atoms with Gasteiger partial charge in [-0.25, -0.2) is 0 Å². The Bertz CT molecular complexity index is 283. The average Bonchev–Trinajstić information content (AvgIpc) is 2.43. The molecule has 2 rings (SSSR count). The fraction of sp³-hybridized carbons (Fsp3) is 0.556. The van der Waals surface area contributed by atoms with Crippen LogP contribution < -0.4 is 0 Å². The summed E-state index contributed by atoms with van der Waals surface area (Å²) in [4.78, 5) is 2.39. The molecule has 1 aromatic heterocycles. The molecule has 13 heavy (non-hydrogen) atoms. The largest absolute Gasteiger partial charge is 0.379 e. The van der Waals surface area contributed by atoms with Gasteiger partial charge in [0, 0.05) is 26.7 Å². The molecule has 1 fully saturated rings. The number of ether oxygens (including phenoxy) is 1. The summed E-state index contributed by atoms with van der Waals surface area (Å²) in [6.07, 6.45) is 0.456. The topological polar surface area (TPSA) is 12.5 Å². The summed E-state index contributed by atoms with van der Waals surface area (Å²) in [5.74, 6) is 0. The lowest BCUT2D eigenvalue weighted by molar-refractivity contribution is -0.0334. The predicted molar refractivity (Wildman–Crippen MR) is 58.1 cm³/mol. The van der Waals surface area contributed by atoms with Crippen molar-refractivity contribution in [2.45, 2.75) is 12.6 Å². The molecule has 0 atom stereocenters. The van der Waals surface area contributed by atoms with E-state index in [1.807, 2.05) is 0 Å². The number of methoxy groups -OCH3 is 1. The van der Waals surface area contributed by atoms with Crippen molar-refractivity contribution < 1.29 is 4.74 Å². The molecule has 2 nitrogen and oxygen atoms in total. The molecular formula is C9H12BrNOS. The normalized spacial score (nSPS) is 18.9. The van der Waals surface area contributed by atoms with Crippen molar-refractivity contribution in [3.05, 3.63) is 20.8 Å². The minimum atomic E-state index is 0.456. The molecule has 72 valence electrons. The van der Waals surface area contributed by atoms with Crippen LogP contribution >= 0.6 is 27.3 Å². The van der Waals surface area contributed by atoms with E-state index in [4.69, 9.17) is 4.74 Å². The molecule has 0 unspecified atom stereocenters. The zero-order valence-electron chi connectivity index (χ0n) is 7.50. The first-order chi connectivity index (χ1) is 6.29. The van der Waals surface area contributed by atoms with E-state index in [2.05, 4.69) is 32.3 Å². The minimum absolute atomic E-state index is 0.456. The Morgan fingerprint density at radius 1 is 1.69 bits per heavy atom. The van der Waals surface area contributed by atoms with Crippen molar-refractivity contribution in [2.75, 3.05) is 20.2 Å². The lowest BCUT2D eigenvalue weighted by Gasteiger charge is -2.37. The van der Waals surface area contributed by atoms with Gasteiger partial charge in [0.15, 0.2) is 0 Å². The van der Waals surface area contributed by atoms with Crippen LogP contribution in [0.3, 0.4) is 0 Å². The molecule has 0 aliphatic carbocycles. The van der Waals surface area contributed by atoms with Gasteiger partial charge in [0.2, 0.25) is 0 Å². The number of hydrogen-bond acceptors (Lipinski definition) is 3. The number of likely N-dealkylation sites (tertiary alicyclic amines) is 1. The van der Waals surface area contributed by atoms with Crippen LogP contribution in [0.4, 0.5) is 0 Å². The molecule has 0 spiro atoms. The van der Waals surface area contributed by atoms with Gasteiger partial charge in [-0.3, -0.25) is 4.90 Å². The summed E-state index contributed by atoms with van der Waals surface area (Å²) in [5.41, 5.74) is 1.39. The highest BCUT2D eigenvalue weighted by Gasteiger charge is 2.26. The van der Waals surface area contributed by atoms with Crippen molar-refractivity contribution in [1.82, 2.24) is 4.90 Å². The predicted octanol–water partition coefficient (Wildman–Crippen LogP) is 2.34. The van der Waals surface area contributed by atoms with Crippen LogP contribution in [0.1, 0.15) is 5.56 Å². The molecule has 4 heteroatoms.